The fourth-order valence-corrected chi connectivity index (χ4v) is 2.63. The maximum Gasteiger partial charge on any atom is 0.198 e. The van der Waals surface area contributed by atoms with Crippen LogP contribution in [-0.4, -0.2) is 24.9 Å². The molecule has 1 aliphatic heterocycles. The molecular formula is C21H27NO3. The highest BCUT2D eigenvalue weighted by Gasteiger charge is 2.26. The van der Waals surface area contributed by atoms with Crippen molar-refractivity contribution in [1.82, 2.24) is 4.57 Å². The van der Waals surface area contributed by atoms with Crippen LogP contribution in [0.5, 0.6) is 0 Å². The second-order valence-electron chi connectivity index (χ2n) is 7.06. The summed E-state index contributed by atoms with van der Waals surface area (Å²) >= 11 is 0. The maximum absolute atomic E-state index is 11.5. The largest absolute Gasteiger partial charge is 0.482 e. The minimum atomic E-state index is 0.0152. The van der Waals surface area contributed by atoms with E-state index in [2.05, 4.69) is 13.8 Å². The van der Waals surface area contributed by atoms with Gasteiger partial charge in [0.05, 0.1) is 20.3 Å². The summed E-state index contributed by atoms with van der Waals surface area (Å²) < 4.78 is 12.3. The Bertz CT molecular complexity index is 756. The van der Waals surface area contributed by atoms with Gasteiger partial charge in [-0.2, -0.15) is 0 Å². The molecule has 25 heavy (non-hydrogen) atoms. The van der Waals surface area contributed by atoms with Gasteiger partial charge in [-0.15, -0.1) is 0 Å². The zero-order valence-electron chi connectivity index (χ0n) is 15.7. The van der Waals surface area contributed by atoms with Crippen molar-refractivity contribution in [2.75, 3.05) is 20.3 Å². The van der Waals surface area contributed by atoms with Gasteiger partial charge in [0.2, 0.25) is 0 Å². The normalized spacial score (nSPS) is 15.6. The molecule has 0 saturated carbocycles. The third kappa shape index (κ3) is 5.33. The van der Waals surface area contributed by atoms with E-state index in [-0.39, 0.29) is 5.43 Å². The molecule has 0 spiro atoms. The highest BCUT2D eigenvalue weighted by molar-refractivity contribution is 5.67. The van der Waals surface area contributed by atoms with E-state index in [0.29, 0.717) is 11.3 Å². The van der Waals surface area contributed by atoms with Crippen LogP contribution in [0, 0.1) is 19.3 Å². The van der Waals surface area contributed by atoms with Crippen LogP contribution in [0.25, 0.3) is 12.0 Å². The molecule has 2 aromatic rings. The lowest BCUT2D eigenvalue weighted by molar-refractivity contribution is -0.0892. The van der Waals surface area contributed by atoms with Crippen LogP contribution in [0.3, 0.4) is 0 Å². The molecule has 1 aliphatic rings. The number of hydrogen-bond acceptors (Lipinski definition) is 3. The van der Waals surface area contributed by atoms with Gasteiger partial charge in [0, 0.05) is 35.0 Å². The standard InChI is InChI=1S/C16H17NO2.C5H10O/c1-12-9-15(18)10-13(2)17(12)16(19-3)11-14-7-5-4-6-8-14;1-5(2)3-6-4-5/h4-11H,1-3H3;3-4H2,1-2H3. The Morgan fingerprint density at radius 3 is 2.04 bits per heavy atom. The second kappa shape index (κ2) is 8.17. The topological polar surface area (TPSA) is 40.5 Å². The number of methoxy groups -OCH3 is 1. The molecule has 134 valence electrons. The number of hydrogen-bond donors (Lipinski definition) is 0. The van der Waals surface area contributed by atoms with Gasteiger partial charge in [0.25, 0.3) is 0 Å². The Morgan fingerprint density at radius 1 is 1.12 bits per heavy atom. The van der Waals surface area contributed by atoms with E-state index in [1.807, 2.05) is 54.8 Å². The third-order valence-corrected chi connectivity index (χ3v) is 3.91. The number of ether oxygens (including phenoxy) is 2. The van der Waals surface area contributed by atoms with Crippen LogP contribution in [0.1, 0.15) is 30.8 Å². The Balaban J connectivity index is 0.000000316. The van der Waals surface area contributed by atoms with Crippen LogP contribution < -0.4 is 5.43 Å². The Labute approximate surface area is 149 Å². The molecule has 0 radical (unpaired) electrons. The molecule has 1 aromatic heterocycles. The molecule has 0 atom stereocenters. The first-order valence-corrected chi connectivity index (χ1v) is 8.41. The van der Waals surface area contributed by atoms with Crippen molar-refractivity contribution < 1.29 is 9.47 Å². The van der Waals surface area contributed by atoms with E-state index in [0.717, 1.165) is 30.2 Å². The van der Waals surface area contributed by atoms with Gasteiger partial charge < -0.3 is 9.47 Å². The number of aryl methyl sites for hydroxylation is 2. The summed E-state index contributed by atoms with van der Waals surface area (Å²) in [6, 6.07) is 13.1. The molecule has 1 fully saturated rings. The molecule has 1 aromatic carbocycles. The SMILES string of the molecule is CC1(C)COC1.COC(=Cc1ccccc1)n1c(C)cc(=O)cc1C. The van der Waals surface area contributed by atoms with Crippen LogP contribution in [0.2, 0.25) is 0 Å². The molecule has 0 aliphatic carbocycles. The fourth-order valence-electron chi connectivity index (χ4n) is 2.63. The molecule has 0 N–H and O–H groups in total. The number of rotatable bonds is 3. The Kier molecular flexibility index (Phi) is 6.21. The first kappa shape index (κ1) is 19.0. The summed E-state index contributed by atoms with van der Waals surface area (Å²) in [6.07, 6.45) is 1.95. The summed E-state index contributed by atoms with van der Waals surface area (Å²) in [5, 5.41) is 0. The van der Waals surface area contributed by atoms with Gasteiger partial charge in [0.15, 0.2) is 11.3 Å². The van der Waals surface area contributed by atoms with Crippen molar-refractivity contribution in [2.24, 2.45) is 5.41 Å². The van der Waals surface area contributed by atoms with Crippen LogP contribution in [0.15, 0.2) is 47.3 Å². The van der Waals surface area contributed by atoms with Crippen LogP contribution >= 0.6 is 0 Å². The zero-order chi connectivity index (χ0) is 18.4. The Hall–Kier alpha value is -2.33. The van der Waals surface area contributed by atoms with Crippen molar-refractivity contribution in [3.8, 4) is 0 Å². The van der Waals surface area contributed by atoms with E-state index in [1.54, 1.807) is 19.2 Å². The first-order chi connectivity index (χ1) is 11.8. The minimum absolute atomic E-state index is 0.0152. The molecule has 4 heteroatoms. The highest BCUT2D eigenvalue weighted by Crippen LogP contribution is 2.24. The van der Waals surface area contributed by atoms with E-state index in [9.17, 15) is 4.79 Å². The smallest absolute Gasteiger partial charge is 0.198 e. The predicted octanol–water partition coefficient (Wildman–Crippen LogP) is 4.11. The second-order valence-corrected chi connectivity index (χ2v) is 7.06. The molecular weight excluding hydrogens is 314 g/mol. The molecule has 0 unspecified atom stereocenters. The average Bonchev–Trinajstić information content (AvgIpc) is 2.53. The van der Waals surface area contributed by atoms with Gasteiger partial charge in [0.1, 0.15) is 0 Å². The van der Waals surface area contributed by atoms with Gasteiger partial charge >= 0.3 is 0 Å². The fraction of sp³-hybridized carbons (Fsp3) is 0.381. The van der Waals surface area contributed by atoms with Gasteiger partial charge in [-0.1, -0.05) is 44.2 Å². The summed E-state index contributed by atoms with van der Waals surface area (Å²) in [5.41, 5.74) is 3.28. The lowest BCUT2D eigenvalue weighted by atomic mass is 9.92. The van der Waals surface area contributed by atoms with Crippen molar-refractivity contribution in [3.05, 3.63) is 69.6 Å². The van der Waals surface area contributed by atoms with Crippen molar-refractivity contribution in [1.29, 1.82) is 0 Å². The highest BCUT2D eigenvalue weighted by atomic mass is 16.5. The van der Waals surface area contributed by atoms with E-state index in [4.69, 9.17) is 9.47 Å². The summed E-state index contributed by atoms with van der Waals surface area (Å²) in [4.78, 5) is 11.5. The van der Waals surface area contributed by atoms with Crippen molar-refractivity contribution in [2.45, 2.75) is 27.7 Å². The molecule has 0 amide bonds. The lowest BCUT2D eigenvalue weighted by Crippen LogP contribution is -2.36. The number of nitrogens with zero attached hydrogens (tertiary/aromatic N) is 1. The van der Waals surface area contributed by atoms with Gasteiger partial charge in [-0.3, -0.25) is 9.36 Å². The Morgan fingerprint density at radius 2 is 1.64 bits per heavy atom. The lowest BCUT2D eigenvalue weighted by Gasteiger charge is -2.33. The maximum atomic E-state index is 11.5. The van der Waals surface area contributed by atoms with Gasteiger partial charge in [-0.25, -0.2) is 0 Å². The van der Waals surface area contributed by atoms with Gasteiger partial charge in [-0.05, 0) is 19.4 Å². The first-order valence-electron chi connectivity index (χ1n) is 8.41. The number of pyridine rings is 1. The monoisotopic (exact) mass is 341 g/mol. The molecule has 3 rings (SSSR count). The van der Waals surface area contributed by atoms with E-state index < -0.39 is 0 Å². The number of benzene rings is 1. The summed E-state index contributed by atoms with van der Waals surface area (Å²) in [6.45, 7) is 10.1. The number of aromatic nitrogens is 1. The van der Waals surface area contributed by atoms with Crippen molar-refractivity contribution in [3.63, 3.8) is 0 Å². The summed E-state index contributed by atoms with van der Waals surface area (Å²) in [7, 11) is 1.63. The van der Waals surface area contributed by atoms with E-state index in [1.165, 1.54) is 0 Å². The van der Waals surface area contributed by atoms with Crippen LogP contribution in [-0.2, 0) is 9.47 Å². The molecule has 4 nitrogen and oxygen atoms in total. The predicted molar refractivity (Wildman–Crippen MR) is 102 cm³/mol. The average molecular weight is 341 g/mol. The molecule has 0 bridgehead atoms. The minimum Gasteiger partial charge on any atom is -0.482 e. The quantitative estimate of drug-likeness (QED) is 0.789. The van der Waals surface area contributed by atoms with Crippen LogP contribution in [0.4, 0.5) is 0 Å². The third-order valence-electron chi connectivity index (χ3n) is 3.91. The van der Waals surface area contributed by atoms with E-state index >= 15 is 0 Å². The molecule has 2 heterocycles. The molecule has 1 saturated heterocycles. The zero-order valence-corrected chi connectivity index (χ0v) is 15.7. The van der Waals surface area contributed by atoms with Crippen molar-refractivity contribution >= 4 is 12.0 Å². The summed E-state index contributed by atoms with van der Waals surface area (Å²) in [5.74, 6) is 0.696.